The van der Waals surface area contributed by atoms with Gasteiger partial charge in [-0.05, 0) is 22.8 Å². The van der Waals surface area contributed by atoms with Crippen molar-refractivity contribution in [1.29, 1.82) is 0 Å². The Morgan fingerprint density at radius 2 is 1.88 bits per heavy atom. The monoisotopic (exact) mass is 361 g/mol. The number of nitrogens with zero attached hydrogens (tertiary/aromatic N) is 1. The Bertz CT molecular complexity index is 853. The quantitative estimate of drug-likeness (QED) is 0.851. The second kappa shape index (κ2) is 6.76. The zero-order valence-electron chi connectivity index (χ0n) is 14.8. The second-order valence-electron chi connectivity index (χ2n) is 7.31. The minimum atomic E-state index is -2.96. The maximum absolute atomic E-state index is 13.9. The summed E-state index contributed by atoms with van der Waals surface area (Å²) >= 11 is 0. The van der Waals surface area contributed by atoms with Gasteiger partial charge in [-0.3, -0.25) is 4.79 Å². The number of hydrogen-bond acceptors (Lipinski definition) is 2. The van der Waals surface area contributed by atoms with E-state index >= 15 is 0 Å². The van der Waals surface area contributed by atoms with Crippen LogP contribution < -0.4 is 5.73 Å². The molecule has 1 heterocycles. The van der Waals surface area contributed by atoms with E-state index in [0.29, 0.717) is 6.42 Å². The maximum atomic E-state index is 13.9. The minimum absolute atomic E-state index is 0.0689. The van der Waals surface area contributed by atoms with E-state index in [4.69, 9.17) is 5.73 Å². The third-order valence-corrected chi connectivity index (χ3v) is 5.37. The van der Waals surface area contributed by atoms with E-state index in [1.54, 1.807) is 0 Å². The summed E-state index contributed by atoms with van der Waals surface area (Å²) < 4.78 is 27.2. The van der Waals surface area contributed by atoms with Gasteiger partial charge in [0.15, 0.2) is 12.6 Å². The molecule has 2 aromatic carbocycles. The first-order valence-corrected chi connectivity index (χ1v) is 8.75. The van der Waals surface area contributed by atoms with Crippen molar-refractivity contribution in [2.45, 2.75) is 37.6 Å². The Morgan fingerprint density at radius 3 is 2.58 bits per heavy atom. The second-order valence-corrected chi connectivity index (χ2v) is 7.31. The number of quaternary nitrogens is 1. The van der Waals surface area contributed by atoms with Crippen molar-refractivity contribution in [2.24, 2.45) is 5.73 Å². The predicted octanol–water partition coefficient (Wildman–Crippen LogP) is 3.03. The number of rotatable bonds is 4. The maximum Gasteiger partial charge on any atom is 0.314 e. The number of hydrogen-bond donors (Lipinski definition) is 1. The molecule has 1 aliphatic heterocycles. The van der Waals surface area contributed by atoms with Gasteiger partial charge in [0.05, 0.1) is 13.5 Å². The van der Waals surface area contributed by atoms with Crippen LogP contribution in [0, 0.1) is 0 Å². The van der Waals surface area contributed by atoms with Gasteiger partial charge < -0.3 is 5.73 Å². The molecule has 0 aromatic heterocycles. The lowest BCUT2D eigenvalue weighted by Crippen LogP contribution is -2.67. The molecular weight excluding hydrogens is 338 g/mol. The van der Waals surface area contributed by atoms with Crippen LogP contribution >= 0.6 is 0 Å². The van der Waals surface area contributed by atoms with Crippen molar-refractivity contribution in [3.8, 4) is 0 Å². The van der Waals surface area contributed by atoms with Crippen LogP contribution in [0.15, 0.2) is 42.5 Å². The number of aryl methyl sites for hydroxylation is 1. The molecule has 3 rings (SSSR count). The lowest BCUT2D eigenvalue weighted by Gasteiger charge is -2.43. The van der Waals surface area contributed by atoms with Gasteiger partial charge in [-0.2, -0.15) is 0 Å². The van der Waals surface area contributed by atoms with Gasteiger partial charge in [0.1, 0.15) is 0 Å². The lowest BCUT2D eigenvalue weighted by atomic mass is 9.94. The van der Waals surface area contributed by atoms with Crippen molar-refractivity contribution in [2.75, 3.05) is 13.6 Å². The van der Waals surface area contributed by atoms with Crippen molar-refractivity contribution < 1.29 is 22.9 Å². The summed E-state index contributed by atoms with van der Waals surface area (Å²) in [6.45, 7) is -0.669. The number of primary amides is 1. The number of likely N-dealkylation sites (N-methyl/N-ethyl adjacent to an activating group) is 1. The number of piperidine rings is 1. The van der Waals surface area contributed by atoms with E-state index in [1.807, 2.05) is 42.5 Å². The van der Waals surface area contributed by atoms with Crippen LogP contribution in [0.1, 0.15) is 24.8 Å². The normalized spacial score (nSPS) is 25.1. The smallest absolute Gasteiger partial charge is 0.314 e. The number of carbonyl (C=O) groups is 2. The molecule has 4 nitrogen and oxygen atoms in total. The summed E-state index contributed by atoms with van der Waals surface area (Å²) in [7, 11) is 1.41. The highest BCUT2D eigenvalue weighted by atomic mass is 19.3. The largest absolute Gasteiger partial charge is 0.364 e. The van der Waals surface area contributed by atoms with Crippen LogP contribution in [0.3, 0.4) is 0 Å². The standard InChI is InChI=1S/C20H22F2N2O2/c1-24(13-20(21,22)11-10-17(24)19(23)26)18(25)9-7-14-6-8-15-4-2-3-5-16(15)12-14/h2-6,8,12,17H,7,9-11,13H2,1H3,(H-,23,26)/p+1. The van der Waals surface area contributed by atoms with Crippen LogP contribution in [0.4, 0.5) is 8.78 Å². The van der Waals surface area contributed by atoms with Crippen molar-refractivity contribution >= 4 is 22.6 Å². The van der Waals surface area contributed by atoms with Gasteiger partial charge in [-0.25, -0.2) is 18.1 Å². The summed E-state index contributed by atoms with van der Waals surface area (Å²) in [5.41, 5.74) is 6.35. The van der Waals surface area contributed by atoms with Crippen LogP contribution in [0.2, 0.25) is 0 Å². The van der Waals surface area contributed by atoms with Crippen LogP contribution in [0.25, 0.3) is 10.8 Å². The predicted molar refractivity (Wildman–Crippen MR) is 95.5 cm³/mol. The number of fused-ring (bicyclic) bond motifs is 1. The molecule has 1 aliphatic rings. The van der Waals surface area contributed by atoms with Gasteiger partial charge in [0.25, 0.3) is 11.8 Å². The summed E-state index contributed by atoms with van der Waals surface area (Å²) in [5, 5.41) is 2.17. The van der Waals surface area contributed by atoms with E-state index < -0.39 is 35.3 Å². The van der Waals surface area contributed by atoms with E-state index in [-0.39, 0.29) is 18.7 Å². The number of alkyl halides is 2. The van der Waals surface area contributed by atoms with E-state index in [0.717, 1.165) is 16.3 Å². The summed E-state index contributed by atoms with van der Waals surface area (Å²) in [5.74, 6) is -4.03. The molecule has 0 radical (unpaired) electrons. The molecule has 6 heteroatoms. The lowest BCUT2D eigenvalue weighted by molar-refractivity contribution is -0.866. The van der Waals surface area contributed by atoms with Crippen molar-refractivity contribution in [3.63, 3.8) is 0 Å². The van der Waals surface area contributed by atoms with Crippen molar-refractivity contribution in [1.82, 2.24) is 0 Å². The fourth-order valence-corrected chi connectivity index (χ4v) is 3.89. The average molecular weight is 361 g/mol. The number of benzene rings is 2. The van der Waals surface area contributed by atoms with Gasteiger partial charge in [-0.1, -0.05) is 42.5 Å². The van der Waals surface area contributed by atoms with Crippen LogP contribution in [-0.4, -0.2) is 41.9 Å². The Labute approximate surface area is 151 Å². The molecule has 2 aromatic rings. The van der Waals surface area contributed by atoms with Crippen LogP contribution in [0.5, 0.6) is 0 Å². The molecule has 0 aliphatic carbocycles. The topological polar surface area (TPSA) is 60.2 Å². The first-order chi connectivity index (χ1) is 12.2. The highest BCUT2D eigenvalue weighted by molar-refractivity contribution is 5.84. The first kappa shape index (κ1) is 18.5. The summed E-state index contributed by atoms with van der Waals surface area (Å²) in [4.78, 5) is 24.5. The molecule has 2 N–H and O–H groups in total. The fourth-order valence-electron chi connectivity index (χ4n) is 3.89. The third-order valence-electron chi connectivity index (χ3n) is 5.37. The Kier molecular flexibility index (Phi) is 4.80. The number of halogens is 2. The Balaban J connectivity index is 1.76. The minimum Gasteiger partial charge on any atom is -0.364 e. The van der Waals surface area contributed by atoms with Gasteiger partial charge in [0, 0.05) is 12.8 Å². The van der Waals surface area contributed by atoms with E-state index in [9.17, 15) is 18.4 Å². The van der Waals surface area contributed by atoms with Gasteiger partial charge in [0.2, 0.25) is 0 Å². The number of carbonyl (C=O) groups excluding carboxylic acids is 2. The summed E-state index contributed by atoms with van der Waals surface area (Å²) in [6.07, 6.45) is 0.0518. The number of likely N-dealkylation sites (tertiary alicyclic amines) is 1. The van der Waals surface area contributed by atoms with Crippen molar-refractivity contribution in [3.05, 3.63) is 48.0 Å². The highest BCUT2D eigenvalue weighted by Crippen LogP contribution is 2.35. The first-order valence-electron chi connectivity index (χ1n) is 8.75. The van der Waals surface area contributed by atoms with E-state index in [1.165, 1.54) is 7.05 Å². The third kappa shape index (κ3) is 3.60. The number of amides is 2. The molecule has 138 valence electrons. The SMILES string of the molecule is C[N+]1(C(=O)CCc2ccc3ccccc3c2)CC(F)(F)CCC1C(N)=O. The zero-order chi connectivity index (χ0) is 18.9. The van der Waals surface area contributed by atoms with E-state index in [2.05, 4.69) is 0 Å². The molecule has 0 spiro atoms. The van der Waals surface area contributed by atoms with Crippen LogP contribution in [-0.2, 0) is 16.0 Å². The Morgan fingerprint density at radius 1 is 1.19 bits per heavy atom. The fraction of sp³-hybridized carbons (Fsp3) is 0.400. The molecule has 0 bridgehead atoms. The molecule has 26 heavy (non-hydrogen) atoms. The molecular formula is C20H23F2N2O2+. The zero-order valence-corrected chi connectivity index (χ0v) is 14.8. The molecule has 1 fully saturated rings. The highest BCUT2D eigenvalue weighted by Gasteiger charge is 2.54. The molecule has 0 saturated carbocycles. The average Bonchev–Trinajstić information content (AvgIpc) is 2.58. The molecule has 2 amide bonds. The summed E-state index contributed by atoms with van der Waals surface area (Å²) in [6, 6.07) is 12.9. The molecule has 2 atom stereocenters. The molecule has 2 unspecified atom stereocenters. The Hall–Kier alpha value is -2.34. The van der Waals surface area contributed by atoms with Gasteiger partial charge >= 0.3 is 5.91 Å². The molecule has 1 saturated heterocycles. The van der Waals surface area contributed by atoms with Gasteiger partial charge in [-0.15, -0.1) is 0 Å². The number of nitrogens with two attached hydrogens (primary N) is 1.